The van der Waals surface area contributed by atoms with Crippen molar-refractivity contribution in [2.45, 2.75) is 24.9 Å². The zero-order chi connectivity index (χ0) is 20.0. The molecule has 1 amide bonds. The van der Waals surface area contributed by atoms with Crippen molar-refractivity contribution in [2.24, 2.45) is 0 Å². The number of rotatable bonds is 9. The second-order valence-electron chi connectivity index (χ2n) is 5.65. The Hall–Kier alpha value is -2.95. The molecule has 10 nitrogen and oxygen atoms in total. The van der Waals surface area contributed by atoms with Crippen LogP contribution in [-0.2, 0) is 14.4 Å². The number of carbonyl (C=O) groups excluding carboxylic acids is 1. The number of thioether (sulfide) groups is 1. The van der Waals surface area contributed by atoms with Crippen LogP contribution < -0.4 is 10.9 Å². The number of fused-ring (bicyclic) bond motifs is 1. The average Bonchev–Trinajstić information content (AvgIpc) is 2.62. The number of nitrogens with zero attached hydrogens (tertiary/aromatic N) is 3. The monoisotopic (exact) mass is 394 g/mol. The fourth-order valence-corrected chi connectivity index (χ4v) is 2.90. The van der Waals surface area contributed by atoms with Gasteiger partial charge >= 0.3 is 11.9 Å². The highest BCUT2D eigenvalue weighted by Gasteiger charge is 2.29. The summed E-state index contributed by atoms with van der Waals surface area (Å²) in [5.74, 6) is -3.16. The normalized spacial score (nSPS) is 13.1. The van der Waals surface area contributed by atoms with E-state index in [2.05, 4.69) is 15.6 Å². The number of carboxylic acid groups (broad SMARTS) is 2. The lowest BCUT2D eigenvalue weighted by atomic mass is 10.1. The molecule has 1 aromatic heterocycles. The van der Waals surface area contributed by atoms with E-state index in [0.29, 0.717) is 11.3 Å². The van der Waals surface area contributed by atoms with Crippen molar-refractivity contribution < 1.29 is 24.6 Å². The standard InChI is InChI=1S/C16H18N4O6S/c1-27-7-6-12(14(23)17-11(16(25)26)8-13(21)22)20-15(24)9-4-2-3-5-10(9)18-19-20/h2-5,11-12H,6-8H2,1H3,(H,17,23)(H,21,22)(H,25,26). The number of aromatic nitrogens is 3. The maximum Gasteiger partial charge on any atom is 0.326 e. The predicted molar refractivity (Wildman–Crippen MR) is 97.7 cm³/mol. The third-order valence-electron chi connectivity index (χ3n) is 3.78. The molecular weight excluding hydrogens is 376 g/mol. The van der Waals surface area contributed by atoms with Gasteiger partial charge in [0.1, 0.15) is 17.6 Å². The van der Waals surface area contributed by atoms with Gasteiger partial charge in [-0.05, 0) is 30.6 Å². The molecule has 2 unspecified atom stereocenters. The van der Waals surface area contributed by atoms with E-state index >= 15 is 0 Å². The first-order valence-corrected chi connectivity index (χ1v) is 9.32. The average molecular weight is 394 g/mol. The Labute approximate surface area is 157 Å². The van der Waals surface area contributed by atoms with Crippen LogP contribution in [0.4, 0.5) is 0 Å². The van der Waals surface area contributed by atoms with E-state index < -0.39 is 41.9 Å². The number of hydrogen-bond donors (Lipinski definition) is 3. The van der Waals surface area contributed by atoms with E-state index in [-0.39, 0.29) is 11.8 Å². The minimum absolute atomic E-state index is 0.194. The first-order valence-electron chi connectivity index (χ1n) is 7.93. The molecule has 11 heteroatoms. The Morgan fingerprint density at radius 3 is 2.59 bits per heavy atom. The third kappa shape index (κ3) is 5.03. The van der Waals surface area contributed by atoms with Crippen LogP contribution in [-0.4, -0.2) is 61.1 Å². The summed E-state index contributed by atoms with van der Waals surface area (Å²) in [7, 11) is 0. The molecule has 0 saturated carbocycles. The van der Waals surface area contributed by atoms with E-state index in [1.165, 1.54) is 11.8 Å². The van der Waals surface area contributed by atoms with Crippen LogP contribution in [0.5, 0.6) is 0 Å². The maximum atomic E-state index is 12.7. The van der Waals surface area contributed by atoms with Crippen LogP contribution >= 0.6 is 11.8 Å². The molecule has 27 heavy (non-hydrogen) atoms. The van der Waals surface area contributed by atoms with Crippen LogP contribution in [0.3, 0.4) is 0 Å². The van der Waals surface area contributed by atoms with Crippen LogP contribution in [0.1, 0.15) is 18.9 Å². The maximum absolute atomic E-state index is 12.7. The second kappa shape index (κ2) is 9.12. The number of carbonyl (C=O) groups is 3. The van der Waals surface area contributed by atoms with Gasteiger partial charge in [-0.25, -0.2) is 4.79 Å². The molecule has 1 heterocycles. The summed E-state index contributed by atoms with van der Waals surface area (Å²) < 4.78 is 0.910. The fourth-order valence-electron chi connectivity index (χ4n) is 2.44. The summed E-state index contributed by atoms with van der Waals surface area (Å²) in [6, 6.07) is 3.78. The Morgan fingerprint density at radius 1 is 1.26 bits per heavy atom. The Bertz CT molecular complexity index is 915. The lowest BCUT2D eigenvalue weighted by Gasteiger charge is -2.20. The largest absolute Gasteiger partial charge is 0.481 e. The molecule has 0 fully saturated rings. The smallest absolute Gasteiger partial charge is 0.326 e. The molecule has 3 N–H and O–H groups in total. The van der Waals surface area contributed by atoms with Crippen molar-refractivity contribution in [3.63, 3.8) is 0 Å². The first kappa shape index (κ1) is 20.4. The molecule has 0 bridgehead atoms. The molecule has 2 aromatic rings. The molecule has 144 valence electrons. The number of hydrogen-bond acceptors (Lipinski definition) is 7. The highest BCUT2D eigenvalue weighted by molar-refractivity contribution is 7.98. The Kier molecular flexibility index (Phi) is 6.88. The second-order valence-corrected chi connectivity index (χ2v) is 6.64. The quantitative estimate of drug-likeness (QED) is 0.539. The molecule has 2 rings (SSSR count). The van der Waals surface area contributed by atoms with Crippen LogP contribution in [0, 0.1) is 0 Å². The van der Waals surface area contributed by atoms with Gasteiger partial charge in [0.05, 0.1) is 11.8 Å². The molecule has 1 aromatic carbocycles. The van der Waals surface area contributed by atoms with E-state index in [1.54, 1.807) is 24.3 Å². The predicted octanol–water partition coefficient (Wildman–Crippen LogP) is 0.130. The molecule has 0 aliphatic heterocycles. The third-order valence-corrected chi connectivity index (χ3v) is 4.42. The first-order chi connectivity index (χ1) is 12.8. The van der Waals surface area contributed by atoms with Crippen molar-refractivity contribution in [3.05, 3.63) is 34.6 Å². The van der Waals surface area contributed by atoms with Gasteiger partial charge < -0.3 is 15.5 Å². The summed E-state index contributed by atoms with van der Waals surface area (Å²) in [5.41, 5.74) is -0.163. The Morgan fingerprint density at radius 2 is 1.96 bits per heavy atom. The number of amides is 1. The molecular formula is C16H18N4O6S. The summed E-state index contributed by atoms with van der Waals surface area (Å²) in [4.78, 5) is 47.3. The summed E-state index contributed by atoms with van der Waals surface area (Å²) >= 11 is 1.43. The van der Waals surface area contributed by atoms with E-state index in [0.717, 1.165) is 4.68 Å². The lowest BCUT2D eigenvalue weighted by Crippen LogP contribution is -2.47. The van der Waals surface area contributed by atoms with Gasteiger partial charge in [-0.2, -0.15) is 16.4 Å². The molecule has 0 saturated heterocycles. The van der Waals surface area contributed by atoms with Crippen LogP contribution in [0.25, 0.3) is 10.9 Å². The highest BCUT2D eigenvalue weighted by atomic mass is 32.2. The van der Waals surface area contributed by atoms with Gasteiger partial charge in [-0.1, -0.05) is 17.3 Å². The molecule has 0 radical (unpaired) electrons. The fraction of sp³-hybridized carbons (Fsp3) is 0.375. The number of aliphatic carboxylic acids is 2. The minimum Gasteiger partial charge on any atom is -0.481 e. The number of benzene rings is 1. The SMILES string of the molecule is CSCCC(C(=O)NC(CC(=O)O)C(=O)O)n1nnc2ccccc2c1=O. The van der Waals surface area contributed by atoms with Gasteiger partial charge in [0.2, 0.25) is 5.91 Å². The zero-order valence-corrected chi connectivity index (χ0v) is 15.2. The molecule has 0 aliphatic rings. The topological polar surface area (TPSA) is 151 Å². The molecule has 0 aliphatic carbocycles. The van der Waals surface area contributed by atoms with Crippen molar-refractivity contribution in [1.82, 2.24) is 20.3 Å². The zero-order valence-electron chi connectivity index (χ0n) is 14.4. The summed E-state index contributed by atoms with van der Waals surface area (Å²) in [5, 5.41) is 28.1. The Balaban J connectivity index is 2.38. The van der Waals surface area contributed by atoms with Gasteiger partial charge in [0, 0.05) is 0 Å². The highest BCUT2D eigenvalue weighted by Crippen LogP contribution is 2.14. The van der Waals surface area contributed by atoms with Crippen molar-refractivity contribution in [2.75, 3.05) is 12.0 Å². The van der Waals surface area contributed by atoms with Gasteiger partial charge in [0.25, 0.3) is 5.56 Å². The minimum atomic E-state index is -1.61. The van der Waals surface area contributed by atoms with Gasteiger partial charge in [0.15, 0.2) is 0 Å². The summed E-state index contributed by atoms with van der Waals surface area (Å²) in [6.07, 6.45) is 1.22. The number of carboxylic acids is 2. The number of nitrogens with one attached hydrogen (secondary N) is 1. The van der Waals surface area contributed by atoms with Crippen molar-refractivity contribution in [3.8, 4) is 0 Å². The van der Waals surface area contributed by atoms with Gasteiger partial charge in [-0.15, -0.1) is 5.10 Å². The van der Waals surface area contributed by atoms with Gasteiger partial charge in [-0.3, -0.25) is 14.4 Å². The molecule has 0 spiro atoms. The van der Waals surface area contributed by atoms with E-state index in [9.17, 15) is 19.2 Å². The lowest BCUT2D eigenvalue weighted by molar-refractivity contribution is -0.147. The summed E-state index contributed by atoms with van der Waals surface area (Å²) in [6.45, 7) is 0. The van der Waals surface area contributed by atoms with Crippen LogP contribution in [0.15, 0.2) is 29.1 Å². The van der Waals surface area contributed by atoms with E-state index in [4.69, 9.17) is 10.2 Å². The molecule has 2 atom stereocenters. The van der Waals surface area contributed by atoms with Crippen LogP contribution in [0.2, 0.25) is 0 Å². The van der Waals surface area contributed by atoms with Crippen molar-refractivity contribution in [1.29, 1.82) is 0 Å². The van der Waals surface area contributed by atoms with Crippen molar-refractivity contribution >= 4 is 40.5 Å². The van der Waals surface area contributed by atoms with E-state index in [1.807, 2.05) is 6.26 Å².